The van der Waals surface area contributed by atoms with Crippen molar-refractivity contribution in [3.8, 4) is 0 Å². The van der Waals surface area contributed by atoms with Gasteiger partial charge in [-0.3, -0.25) is 14.9 Å². The molecule has 0 aromatic heterocycles. The molecule has 1 saturated heterocycles. The number of hydrogen-bond donors (Lipinski definition) is 3. The summed E-state index contributed by atoms with van der Waals surface area (Å²) < 4.78 is 0. The first-order valence-electron chi connectivity index (χ1n) is 6.77. The molecule has 0 saturated carbocycles. The Labute approximate surface area is 182 Å². The predicted molar refractivity (Wildman–Crippen MR) is 97.6 cm³/mol. The van der Waals surface area contributed by atoms with E-state index in [1.54, 1.807) is 18.0 Å². The topological polar surface area (TPSA) is 199 Å². The van der Waals surface area contributed by atoms with Crippen LogP contribution in [-0.4, -0.2) is 71.8 Å². The smallest absolute Gasteiger partial charge is 0.472 e. The van der Waals surface area contributed by atoms with Crippen LogP contribution >= 0.6 is 23.5 Å². The molecule has 3 rings (SSSR count). The van der Waals surface area contributed by atoms with E-state index in [4.69, 9.17) is 30.6 Å². The zero-order valence-electron chi connectivity index (χ0n) is 14.1. The Hall–Kier alpha value is -1.60. The third kappa shape index (κ3) is 12.4. The first-order chi connectivity index (χ1) is 11.9. The summed E-state index contributed by atoms with van der Waals surface area (Å²) in [5, 5.41) is 32.7. The summed E-state index contributed by atoms with van der Waals surface area (Å²) in [4.78, 5) is 28.2. The first-order valence-corrected chi connectivity index (χ1v) is 8.74. The average molecular weight is 524 g/mol. The first kappa shape index (κ1) is 27.6. The zero-order valence-corrected chi connectivity index (χ0v) is 19.7. The van der Waals surface area contributed by atoms with Gasteiger partial charge in [-0.2, -0.15) is 6.20 Å². The molecular formula is C11H19CdN6O7S2+. The van der Waals surface area contributed by atoms with E-state index in [2.05, 4.69) is 20.2 Å². The number of thioether (sulfide) groups is 2. The molecule has 16 heteroatoms. The Kier molecular flexibility index (Phi) is 15.8. The van der Waals surface area contributed by atoms with Gasteiger partial charge < -0.3 is 16.0 Å². The average Bonchev–Trinajstić information content (AvgIpc) is 3.17. The third-order valence-corrected chi connectivity index (χ3v) is 4.50. The van der Waals surface area contributed by atoms with Crippen LogP contribution in [0.5, 0.6) is 0 Å². The van der Waals surface area contributed by atoms with Gasteiger partial charge >= 0.3 is 5.09 Å². The second-order valence-electron chi connectivity index (χ2n) is 4.20. The number of aliphatic imine (C=N–C) groups is 2. The van der Waals surface area contributed by atoms with E-state index in [9.17, 15) is 0 Å². The van der Waals surface area contributed by atoms with E-state index < -0.39 is 10.2 Å². The minimum absolute atomic E-state index is 0. The molecular weight excluding hydrogens is 505 g/mol. The van der Waals surface area contributed by atoms with Crippen LogP contribution in [0.2, 0.25) is 0 Å². The fraction of sp³-hybridized carbons (Fsp3) is 0.455. The number of rotatable bonds is 1. The van der Waals surface area contributed by atoms with Gasteiger partial charge in [0, 0.05) is 51.5 Å². The van der Waals surface area contributed by atoms with Crippen molar-refractivity contribution in [2.24, 2.45) is 9.98 Å². The molecule has 1 fully saturated rings. The van der Waals surface area contributed by atoms with Crippen LogP contribution < -0.4 is 0 Å². The van der Waals surface area contributed by atoms with Gasteiger partial charge in [-0.1, -0.05) is 41.8 Å². The van der Waals surface area contributed by atoms with Gasteiger partial charge in [0.25, 0.3) is 5.09 Å². The monoisotopic (exact) mass is 525 g/mol. The number of amidine groups is 2. The molecule has 27 heavy (non-hydrogen) atoms. The quantitative estimate of drug-likeness (QED) is 0.190. The van der Waals surface area contributed by atoms with Crippen molar-refractivity contribution in [1.29, 1.82) is 0 Å². The summed E-state index contributed by atoms with van der Waals surface area (Å²) in [7, 11) is 0. The van der Waals surface area contributed by atoms with E-state index in [-0.39, 0.29) is 38.9 Å². The van der Waals surface area contributed by atoms with Crippen LogP contribution in [0.4, 0.5) is 0 Å². The fourth-order valence-corrected chi connectivity index (χ4v) is 3.68. The molecule has 0 bridgehead atoms. The normalized spacial score (nSPS) is 20.6. The molecule has 0 radical (unpaired) electrons. The summed E-state index contributed by atoms with van der Waals surface area (Å²) in [5.74, 6) is 2.19. The maximum atomic E-state index is 8.47. The van der Waals surface area contributed by atoms with Gasteiger partial charge in [0.05, 0.1) is 6.54 Å². The van der Waals surface area contributed by atoms with Crippen molar-refractivity contribution in [3.63, 3.8) is 0 Å². The van der Waals surface area contributed by atoms with E-state index >= 15 is 0 Å². The van der Waals surface area contributed by atoms with Crippen LogP contribution in [0, 0.1) is 15.0 Å². The molecule has 0 amide bonds. The van der Waals surface area contributed by atoms with Crippen LogP contribution in [0.3, 0.4) is 0 Å². The summed E-state index contributed by atoms with van der Waals surface area (Å²) in [6.45, 7) is 1.95. The Morgan fingerprint density at radius 3 is 2.37 bits per heavy atom. The van der Waals surface area contributed by atoms with Crippen LogP contribution in [0.1, 0.15) is 0 Å². The SMILES string of the molecule is C1=C[N-]C(N=C2SCCN2C2=NCCS2)C=C1.O=[N+](O)O.O=[N+]([O-])O.[Cd].[OH3+]. The fourth-order valence-electron chi connectivity index (χ4n) is 1.76. The van der Waals surface area contributed by atoms with E-state index in [0.29, 0.717) is 0 Å². The molecule has 3 aliphatic heterocycles. The Morgan fingerprint density at radius 1 is 1.26 bits per heavy atom. The van der Waals surface area contributed by atoms with E-state index in [1.165, 1.54) is 0 Å². The van der Waals surface area contributed by atoms with Crippen LogP contribution in [0.15, 0.2) is 34.4 Å². The molecule has 0 aromatic carbocycles. The second-order valence-corrected chi connectivity index (χ2v) is 6.33. The van der Waals surface area contributed by atoms with Crippen LogP contribution in [-0.2, 0) is 32.8 Å². The molecule has 13 nitrogen and oxygen atoms in total. The molecule has 1 atom stereocenters. The molecule has 0 aliphatic carbocycles. The van der Waals surface area contributed by atoms with E-state index in [0.717, 1.165) is 34.9 Å². The molecule has 3 heterocycles. The molecule has 3 aliphatic rings. The predicted octanol–water partition coefficient (Wildman–Crippen LogP) is 0.549. The third-order valence-electron chi connectivity index (χ3n) is 2.54. The van der Waals surface area contributed by atoms with Gasteiger partial charge in [-0.05, 0) is 0 Å². The zero-order chi connectivity index (χ0) is 18.7. The van der Waals surface area contributed by atoms with Crippen molar-refractivity contribution in [1.82, 2.24) is 4.90 Å². The molecule has 0 spiro atoms. The number of nitrogens with zero attached hydrogens (tertiary/aromatic N) is 6. The van der Waals surface area contributed by atoms with Gasteiger partial charge in [0.15, 0.2) is 10.3 Å². The summed E-state index contributed by atoms with van der Waals surface area (Å²) in [6, 6.07) is 0. The van der Waals surface area contributed by atoms with Crippen molar-refractivity contribution < 1.29 is 58.6 Å². The van der Waals surface area contributed by atoms with Crippen molar-refractivity contribution in [2.45, 2.75) is 6.17 Å². The van der Waals surface area contributed by atoms with Crippen LogP contribution in [0.25, 0.3) is 5.32 Å². The van der Waals surface area contributed by atoms with Gasteiger partial charge in [-0.25, -0.2) is 10.4 Å². The summed E-state index contributed by atoms with van der Waals surface area (Å²) in [6.07, 6.45) is 7.67. The van der Waals surface area contributed by atoms with Crippen molar-refractivity contribution in [3.05, 3.63) is 44.8 Å². The van der Waals surface area contributed by atoms with Crippen molar-refractivity contribution >= 4 is 33.9 Å². The molecule has 1 unspecified atom stereocenters. The van der Waals surface area contributed by atoms with Gasteiger partial charge in [0.2, 0.25) is 0 Å². The summed E-state index contributed by atoms with van der Waals surface area (Å²) in [5.41, 5.74) is 0. The minimum Gasteiger partial charge on any atom is -0.666 e. The maximum Gasteiger partial charge on any atom is 0.472 e. The Morgan fingerprint density at radius 2 is 1.89 bits per heavy atom. The number of hydrogen-bond acceptors (Lipinski definition) is 7. The second kappa shape index (κ2) is 15.5. The van der Waals surface area contributed by atoms with E-state index in [1.807, 2.05) is 30.0 Å². The van der Waals surface area contributed by atoms with Crippen molar-refractivity contribution in [2.75, 3.05) is 24.6 Å². The molecule has 6 N–H and O–H groups in total. The Balaban J connectivity index is 0. The Bertz CT molecular complexity index is 584. The largest absolute Gasteiger partial charge is 0.666 e. The standard InChI is InChI=1S/C11H13N4S2.Cd.H2NO3.HNO3.H2O/c1-2-4-12-9(3-1)14-11-15(6-8-17-11)10-13-5-7-16-10;;2*2-1(3)4;/h1-4,9H,5-8H2;;(H2,2,3,4);(H,2,3,4);1H2/q-1;;+1;;/p+1. The molecule has 0 aromatic rings. The molecule has 148 valence electrons. The minimum atomic E-state index is -1.50. The number of allylic oxidation sites excluding steroid dienone is 2. The summed E-state index contributed by atoms with van der Waals surface area (Å²) >= 11 is 3.62. The van der Waals surface area contributed by atoms with Gasteiger partial charge in [-0.15, -0.1) is 10.1 Å². The van der Waals surface area contributed by atoms with Gasteiger partial charge in [0.1, 0.15) is 4.91 Å². The maximum absolute atomic E-state index is 8.47.